The molecule has 3 heteroatoms. The summed E-state index contributed by atoms with van der Waals surface area (Å²) >= 11 is 0. The molecule has 7 atom stereocenters. The molecule has 3 nitrogen and oxygen atoms in total. The van der Waals surface area contributed by atoms with Gasteiger partial charge < -0.3 is 4.74 Å². The zero-order chi connectivity index (χ0) is 20.8. The minimum Gasteiger partial charge on any atom is -0.466 e. The van der Waals surface area contributed by atoms with Crippen LogP contribution < -0.4 is 0 Å². The predicted molar refractivity (Wildman–Crippen MR) is 115 cm³/mol. The number of rotatable bonds is 5. The van der Waals surface area contributed by atoms with Gasteiger partial charge in [0.1, 0.15) is 0 Å². The molecule has 0 heterocycles. The Morgan fingerprint density at radius 2 is 2.00 bits per heavy atom. The van der Waals surface area contributed by atoms with E-state index in [2.05, 4.69) is 32.9 Å². The minimum atomic E-state index is -0.0444. The molecule has 0 radical (unpaired) electrons. The summed E-state index contributed by atoms with van der Waals surface area (Å²) in [6.45, 7) is 9.67. The fraction of sp³-hybridized carbons (Fsp3) is 0.769. The van der Waals surface area contributed by atoms with Gasteiger partial charge in [0, 0.05) is 12.8 Å². The summed E-state index contributed by atoms with van der Waals surface area (Å²) in [5, 5.41) is 0. The van der Waals surface area contributed by atoms with E-state index in [4.69, 9.17) is 4.74 Å². The highest BCUT2D eigenvalue weighted by atomic mass is 16.5. The predicted octanol–water partition coefficient (Wildman–Crippen LogP) is 5.89. The number of carbonyl (C=O) groups excluding carboxylic acids is 2. The molecule has 4 aliphatic rings. The highest BCUT2D eigenvalue weighted by Crippen LogP contribution is 2.66. The van der Waals surface area contributed by atoms with Crippen LogP contribution in [0.4, 0.5) is 0 Å². The second-order valence-electron chi connectivity index (χ2n) is 10.7. The van der Waals surface area contributed by atoms with Crippen LogP contribution in [0.2, 0.25) is 0 Å². The molecule has 0 aromatic rings. The van der Waals surface area contributed by atoms with E-state index in [-0.39, 0.29) is 11.4 Å². The quantitative estimate of drug-likeness (QED) is 0.542. The first-order chi connectivity index (χ1) is 13.8. The third-order valence-corrected chi connectivity index (χ3v) is 9.39. The van der Waals surface area contributed by atoms with Gasteiger partial charge in [-0.15, -0.1) is 0 Å². The average Bonchev–Trinajstić information content (AvgIpc) is 3.04. The number of ketones is 1. The van der Waals surface area contributed by atoms with E-state index in [1.807, 2.05) is 13.0 Å². The third-order valence-electron chi connectivity index (χ3n) is 9.39. The Balaban J connectivity index is 1.51. The molecular weight excluding hydrogens is 360 g/mol. The van der Waals surface area contributed by atoms with Crippen molar-refractivity contribution in [3.8, 4) is 0 Å². The number of hydrogen-bond acceptors (Lipinski definition) is 3. The third kappa shape index (κ3) is 3.43. The number of esters is 1. The van der Waals surface area contributed by atoms with E-state index in [9.17, 15) is 9.59 Å². The van der Waals surface area contributed by atoms with E-state index in [0.29, 0.717) is 54.3 Å². The van der Waals surface area contributed by atoms with Gasteiger partial charge in [0.15, 0.2) is 5.78 Å². The van der Waals surface area contributed by atoms with E-state index < -0.39 is 0 Å². The van der Waals surface area contributed by atoms with Crippen LogP contribution in [0.25, 0.3) is 0 Å². The van der Waals surface area contributed by atoms with Crippen molar-refractivity contribution in [1.29, 1.82) is 0 Å². The molecule has 2 fully saturated rings. The molecule has 4 aliphatic carbocycles. The van der Waals surface area contributed by atoms with Crippen LogP contribution in [0.3, 0.4) is 0 Å². The van der Waals surface area contributed by atoms with Crippen LogP contribution in [0.15, 0.2) is 23.8 Å². The molecule has 4 rings (SSSR count). The lowest BCUT2D eigenvalue weighted by Crippen LogP contribution is -2.49. The van der Waals surface area contributed by atoms with E-state index in [1.54, 1.807) is 0 Å². The number of fused-ring (bicyclic) bond motifs is 5. The van der Waals surface area contributed by atoms with Crippen molar-refractivity contribution in [2.45, 2.75) is 79.1 Å². The molecule has 0 spiro atoms. The molecule has 0 aliphatic heterocycles. The summed E-state index contributed by atoms with van der Waals surface area (Å²) in [6.07, 6.45) is 15.1. The Labute approximate surface area is 176 Å². The van der Waals surface area contributed by atoms with Gasteiger partial charge in [0.2, 0.25) is 0 Å². The van der Waals surface area contributed by atoms with Crippen LogP contribution in [-0.4, -0.2) is 18.4 Å². The molecular formula is C26H38O3. The van der Waals surface area contributed by atoms with Gasteiger partial charge in [0.05, 0.1) is 6.61 Å². The van der Waals surface area contributed by atoms with Crippen molar-refractivity contribution in [2.24, 2.45) is 40.4 Å². The monoisotopic (exact) mass is 398 g/mol. The van der Waals surface area contributed by atoms with E-state index >= 15 is 0 Å². The summed E-state index contributed by atoms with van der Waals surface area (Å²) in [4.78, 5) is 23.8. The Bertz CT molecular complexity index is 734. The van der Waals surface area contributed by atoms with Crippen molar-refractivity contribution >= 4 is 11.8 Å². The lowest BCUT2D eigenvalue weighted by molar-refractivity contribution is -0.143. The first-order valence-corrected chi connectivity index (χ1v) is 11.9. The van der Waals surface area contributed by atoms with Gasteiger partial charge in [-0.3, -0.25) is 9.59 Å². The molecule has 2 saturated carbocycles. The van der Waals surface area contributed by atoms with Gasteiger partial charge in [-0.25, -0.2) is 0 Å². The first-order valence-electron chi connectivity index (χ1n) is 11.9. The highest BCUT2D eigenvalue weighted by Gasteiger charge is 2.58. The maximum absolute atomic E-state index is 12.0. The van der Waals surface area contributed by atoms with Gasteiger partial charge >= 0.3 is 5.97 Å². The largest absolute Gasteiger partial charge is 0.466 e. The number of allylic oxidation sites excluding steroid dienone is 4. The Morgan fingerprint density at radius 1 is 1.21 bits per heavy atom. The van der Waals surface area contributed by atoms with Crippen molar-refractivity contribution in [3.05, 3.63) is 23.8 Å². The summed E-state index contributed by atoms with van der Waals surface area (Å²) in [6, 6.07) is 0. The van der Waals surface area contributed by atoms with Gasteiger partial charge in [-0.2, -0.15) is 0 Å². The van der Waals surface area contributed by atoms with E-state index in [1.165, 1.54) is 31.3 Å². The van der Waals surface area contributed by atoms with Gasteiger partial charge in [0.25, 0.3) is 0 Å². The molecule has 0 amide bonds. The Kier molecular flexibility index (Phi) is 5.55. The van der Waals surface area contributed by atoms with Crippen molar-refractivity contribution in [2.75, 3.05) is 6.61 Å². The smallest absolute Gasteiger partial charge is 0.305 e. The number of ether oxygens (including phenoxy) is 1. The molecule has 0 saturated heterocycles. The SMILES string of the molecule is CCOC(=O)CC[C@@H](C)[C@H]1CCC2C3C=CC4=CC(=O)CC[C@]4(C)C3CC[C@@]21C. The van der Waals surface area contributed by atoms with Crippen LogP contribution in [-0.2, 0) is 14.3 Å². The second kappa shape index (κ2) is 7.71. The zero-order valence-corrected chi connectivity index (χ0v) is 18.7. The van der Waals surface area contributed by atoms with E-state index in [0.717, 1.165) is 18.8 Å². The summed E-state index contributed by atoms with van der Waals surface area (Å²) in [5.74, 6) is 3.59. The maximum Gasteiger partial charge on any atom is 0.305 e. The number of carbonyl (C=O) groups is 2. The Morgan fingerprint density at radius 3 is 2.76 bits per heavy atom. The molecule has 0 aromatic carbocycles. The standard InChI is InChI=1S/C26H38O3/c1-5-29-24(28)11-6-17(2)21-9-10-22-20-8-7-18-16-19(27)12-14-25(18,3)23(20)13-15-26(21,22)4/h7-8,16-17,20-23H,5-6,9-15H2,1-4H3/t17-,20?,21-,22?,23?,25+,26-/m1/s1. The zero-order valence-electron chi connectivity index (χ0n) is 18.7. The summed E-state index contributed by atoms with van der Waals surface area (Å²) < 4.78 is 5.15. The fourth-order valence-electron chi connectivity index (χ4n) is 7.75. The van der Waals surface area contributed by atoms with Crippen LogP contribution >= 0.6 is 0 Å². The Hall–Kier alpha value is -1.38. The maximum atomic E-state index is 12.0. The van der Waals surface area contributed by atoms with Crippen molar-refractivity contribution in [3.63, 3.8) is 0 Å². The average molecular weight is 399 g/mol. The molecule has 0 aromatic heterocycles. The molecule has 29 heavy (non-hydrogen) atoms. The lowest BCUT2D eigenvalue weighted by Gasteiger charge is -2.56. The molecule has 0 bridgehead atoms. The van der Waals surface area contributed by atoms with Crippen LogP contribution in [0, 0.1) is 40.4 Å². The van der Waals surface area contributed by atoms with Crippen molar-refractivity contribution < 1.29 is 14.3 Å². The molecule has 0 N–H and O–H groups in total. The van der Waals surface area contributed by atoms with Crippen molar-refractivity contribution in [1.82, 2.24) is 0 Å². The molecule has 3 unspecified atom stereocenters. The first kappa shape index (κ1) is 20.9. The normalized spacial score (nSPS) is 41.8. The van der Waals surface area contributed by atoms with Gasteiger partial charge in [-0.1, -0.05) is 32.9 Å². The van der Waals surface area contributed by atoms with Crippen LogP contribution in [0.1, 0.15) is 79.1 Å². The summed E-state index contributed by atoms with van der Waals surface area (Å²) in [5.41, 5.74) is 1.85. The summed E-state index contributed by atoms with van der Waals surface area (Å²) in [7, 11) is 0. The second-order valence-corrected chi connectivity index (χ2v) is 10.7. The van der Waals surface area contributed by atoms with Crippen LogP contribution in [0.5, 0.6) is 0 Å². The molecule has 160 valence electrons. The number of hydrogen-bond donors (Lipinski definition) is 0. The highest BCUT2D eigenvalue weighted by molar-refractivity contribution is 5.92. The van der Waals surface area contributed by atoms with Gasteiger partial charge in [-0.05, 0) is 97.5 Å². The fourth-order valence-corrected chi connectivity index (χ4v) is 7.75. The minimum absolute atomic E-state index is 0.0444. The topological polar surface area (TPSA) is 43.4 Å². The lowest BCUT2D eigenvalue weighted by atomic mass is 9.48.